The monoisotopic (exact) mass is 297 g/mol. The zero-order valence-corrected chi connectivity index (χ0v) is 13.0. The summed E-state index contributed by atoms with van der Waals surface area (Å²) >= 11 is 0. The molecule has 0 fully saturated rings. The van der Waals surface area contributed by atoms with Crippen LogP contribution in [0.1, 0.15) is 46.0 Å². The van der Waals surface area contributed by atoms with Crippen LogP contribution in [0.3, 0.4) is 0 Å². The number of hydrogen-bond donors (Lipinski definition) is 1. The fourth-order valence-corrected chi connectivity index (χ4v) is 3.67. The summed E-state index contributed by atoms with van der Waals surface area (Å²) in [5, 5.41) is 4.07. The van der Waals surface area contributed by atoms with Gasteiger partial charge in [0.05, 0.1) is 6.20 Å². The molecule has 112 valence electrons. The standard InChI is InChI=1S/C14H23N3O2S/c1-3-9-17-11-14(10-15-17)20(18,19)16-12(2)13-7-5-4-6-8-13/h7,10-12,16H,3-6,8-9H2,1-2H3/t12-/m0/s1. The number of aromatic nitrogens is 2. The molecule has 1 aliphatic rings. The van der Waals surface area contributed by atoms with Crippen molar-refractivity contribution in [2.45, 2.75) is 63.4 Å². The van der Waals surface area contributed by atoms with Crippen LogP contribution in [0.15, 0.2) is 28.9 Å². The second-order valence-electron chi connectivity index (χ2n) is 5.31. The molecule has 0 bridgehead atoms. The molecule has 1 aromatic heterocycles. The lowest BCUT2D eigenvalue weighted by molar-refractivity contribution is 0.562. The fourth-order valence-electron chi connectivity index (χ4n) is 2.47. The molecule has 0 aliphatic heterocycles. The van der Waals surface area contributed by atoms with Gasteiger partial charge in [-0.2, -0.15) is 5.10 Å². The predicted octanol–water partition coefficient (Wildman–Crippen LogP) is 2.46. The van der Waals surface area contributed by atoms with Crippen LogP contribution in [-0.2, 0) is 16.6 Å². The molecule has 1 atom stereocenters. The van der Waals surface area contributed by atoms with Crippen LogP contribution in [0.25, 0.3) is 0 Å². The summed E-state index contributed by atoms with van der Waals surface area (Å²) in [5.41, 5.74) is 1.20. The summed E-state index contributed by atoms with van der Waals surface area (Å²) in [6.45, 7) is 4.67. The minimum absolute atomic E-state index is 0.144. The molecule has 0 radical (unpaired) electrons. The summed E-state index contributed by atoms with van der Waals surface area (Å²) < 4.78 is 29.0. The van der Waals surface area contributed by atoms with Crippen molar-refractivity contribution in [1.82, 2.24) is 14.5 Å². The van der Waals surface area contributed by atoms with E-state index < -0.39 is 10.0 Å². The van der Waals surface area contributed by atoms with Crippen molar-refractivity contribution in [3.05, 3.63) is 24.0 Å². The van der Waals surface area contributed by atoms with Gasteiger partial charge in [-0.3, -0.25) is 4.68 Å². The molecule has 2 rings (SSSR count). The molecule has 1 aromatic rings. The Balaban J connectivity index is 2.07. The summed E-state index contributed by atoms with van der Waals surface area (Å²) in [5.74, 6) is 0. The first-order chi connectivity index (χ1) is 9.53. The van der Waals surface area contributed by atoms with E-state index in [1.54, 1.807) is 10.9 Å². The first-order valence-electron chi connectivity index (χ1n) is 7.26. The van der Waals surface area contributed by atoms with Crippen LogP contribution in [0.4, 0.5) is 0 Å². The lowest BCUT2D eigenvalue weighted by Crippen LogP contribution is -2.34. The second kappa shape index (κ2) is 6.54. The second-order valence-corrected chi connectivity index (χ2v) is 7.02. The first-order valence-corrected chi connectivity index (χ1v) is 8.75. The summed E-state index contributed by atoms with van der Waals surface area (Å²) in [6, 6.07) is -0.144. The highest BCUT2D eigenvalue weighted by atomic mass is 32.2. The Morgan fingerprint density at radius 3 is 2.90 bits per heavy atom. The van der Waals surface area contributed by atoms with Crippen molar-refractivity contribution in [2.75, 3.05) is 0 Å². The van der Waals surface area contributed by atoms with Crippen molar-refractivity contribution in [1.29, 1.82) is 0 Å². The van der Waals surface area contributed by atoms with Crippen LogP contribution in [0, 0.1) is 0 Å². The first kappa shape index (κ1) is 15.3. The van der Waals surface area contributed by atoms with Gasteiger partial charge < -0.3 is 0 Å². The molecular weight excluding hydrogens is 274 g/mol. The Labute approximate surface area is 121 Å². The number of rotatable bonds is 6. The highest BCUT2D eigenvalue weighted by molar-refractivity contribution is 7.89. The molecule has 5 nitrogen and oxygen atoms in total. The summed E-state index contributed by atoms with van der Waals surface area (Å²) in [6.07, 6.45) is 10.5. The van der Waals surface area contributed by atoms with E-state index in [-0.39, 0.29) is 10.9 Å². The van der Waals surface area contributed by atoms with E-state index in [0.29, 0.717) is 0 Å². The summed E-state index contributed by atoms with van der Waals surface area (Å²) in [4.78, 5) is 0.245. The van der Waals surface area contributed by atoms with Crippen molar-refractivity contribution in [2.24, 2.45) is 0 Å². The van der Waals surface area contributed by atoms with Crippen molar-refractivity contribution in [3.63, 3.8) is 0 Å². The highest BCUT2D eigenvalue weighted by Crippen LogP contribution is 2.21. The third-order valence-electron chi connectivity index (χ3n) is 3.59. The average Bonchev–Trinajstić information content (AvgIpc) is 2.89. The van der Waals surface area contributed by atoms with Crippen LogP contribution < -0.4 is 4.72 Å². The Bertz CT molecular complexity index is 575. The normalized spacial score (nSPS) is 17.8. The van der Waals surface area contributed by atoms with Gasteiger partial charge >= 0.3 is 0 Å². The van der Waals surface area contributed by atoms with Crippen LogP contribution in [-0.4, -0.2) is 24.2 Å². The molecule has 0 saturated carbocycles. The number of nitrogens with one attached hydrogen (secondary N) is 1. The maximum Gasteiger partial charge on any atom is 0.244 e. The van der Waals surface area contributed by atoms with Crippen LogP contribution >= 0.6 is 0 Å². The van der Waals surface area contributed by atoms with Gasteiger partial charge in [-0.15, -0.1) is 0 Å². The molecule has 0 unspecified atom stereocenters. The molecular formula is C14H23N3O2S. The van der Waals surface area contributed by atoms with E-state index >= 15 is 0 Å². The van der Waals surface area contributed by atoms with Crippen molar-refractivity contribution in [3.8, 4) is 0 Å². The maximum absolute atomic E-state index is 12.3. The largest absolute Gasteiger partial charge is 0.271 e. The van der Waals surface area contributed by atoms with Crippen molar-refractivity contribution < 1.29 is 8.42 Å². The zero-order chi connectivity index (χ0) is 14.6. The number of sulfonamides is 1. The quantitative estimate of drug-likeness (QED) is 0.820. The molecule has 1 heterocycles. The summed E-state index contributed by atoms with van der Waals surface area (Å²) in [7, 11) is -3.48. The van der Waals surface area contributed by atoms with Gasteiger partial charge in [-0.25, -0.2) is 13.1 Å². The Kier molecular flexibility index (Phi) is 4.99. The molecule has 6 heteroatoms. The predicted molar refractivity (Wildman–Crippen MR) is 78.9 cm³/mol. The Morgan fingerprint density at radius 2 is 2.25 bits per heavy atom. The Morgan fingerprint density at radius 1 is 1.45 bits per heavy atom. The van der Waals surface area contributed by atoms with Crippen LogP contribution in [0.5, 0.6) is 0 Å². The number of allylic oxidation sites excluding steroid dienone is 1. The number of nitrogens with zero attached hydrogens (tertiary/aromatic N) is 2. The molecule has 1 aliphatic carbocycles. The molecule has 1 N–H and O–H groups in total. The molecule has 0 amide bonds. The van der Waals surface area contributed by atoms with Gasteiger partial charge in [0.1, 0.15) is 4.90 Å². The van der Waals surface area contributed by atoms with Crippen molar-refractivity contribution >= 4 is 10.0 Å². The maximum atomic E-state index is 12.3. The number of aryl methyl sites for hydroxylation is 1. The number of hydrogen-bond acceptors (Lipinski definition) is 3. The van der Waals surface area contributed by atoms with E-state index in [1.807, 2.05) is 13.8 Å². The molecule has 0 saturated heterocycles. The topological polar surface area (TPSA) is 64.0 Å². The van der Waals surface area contributed by atoms with E-state index in [1.165, 1.54) is 18.2 Å². The minimum Gasteiger partial charge on any atom is -0.271 e. The van der Waals surface area contributed by atoms with Crippen LogP contribution in [0.2, 0.25) is 0 Å². The third-order valence-corrected chi connectivity index (χ3v) is 5.08. The van der Waals surface area contributed by atoms with Gasteiger partial charge in [-0.1, -0.05) is 18.6 Å². The smallest absolute Gasteiger partial charge is 0.244 e. The van der Waals surface area contributed by atoms with Gasteiger partial charge in [0, 0.05) is 18.8 Å². The lowest BCUT2D eigenvalue weighted by Gasteiger charge is -2.20. The minimum atomic E-state index is -3.48. The molecule has 0 spiro atoms. The van der Waals surface area contributed by atoms with Gasteiger partial charge in [-0.05, 0) is 39.0 Å². The van der Waals surface area contributed by atoms with E-state index in [9.17, 15) is 8.42 Å². The van der Waals surface area contributed by atoms with E-state index in [2.05, 4.69) is 15.9 Å². The lowest BCUT2D eigenvalue weighted by atomic mass is 9.95. The zero-order valence-electron chi connectivity index (χ0n) is 12.2. The van der Waals surface area contributed by atoms with E-state index in [0.717, 1.165) is 32.2 Å². The Hall–Kier alpha value is -1.14. The van der Waals surface area contributed by atoms with Gasteiger partial charge in [0.15, 0.2) is 0 Å². The average molecular weight is 297 g/mol. The molecule has 20 heavy (non-hydrogen) atoms. The highest BCUT2D eigenvalue weighted by Gasteiger charge is 2.21. The third kappa shape index (κ3) is 3.70. The molecule has 0 aromatic carbocycles. The van der Waals surface area contributed by atoms with E-state index in [4.69, 9.17) is 0 Å². The fraction of sp³-hybridized carbons (Fsp3) is 0.643. The van der Waals surface area contributed by atoms with Gasteiger partial charge in [0.25, 0.3) is 0 Å². The SMILES string of the molecule is CCCn1cc(S(=O)(=O)N[C@@H](C)C2=CCCCC2)cn1. The van der Waals surface area contributed by atoms with Gasteiger partial charge in [0.2, 0.25) is 10.0 Å².